The molecular formula is C20H21BrN6O3S. The van der Waals surface area contributed by atoms with Gasteiger partial charge in [0.2, 0.25) is 5.95 Å². The minimum absolute atomic E-state index is 0.323. The van der Waals surface area contributed by atoms with Crippen molar-refractivity contribution < 1.29 is 14.7 Å². The smallest absolute Gasteiger partial charge is 0.277 e. The van der Waals surface area contributed by atoms with Crippen molar-refractivity contribution in [3.05, 3.63) is 57.5 Å². The number of carbonyl (C=O) groups is 1. The second-order valence-electron chi connectivity index (χ2n) is 6.83. The Balaban J connectivity index is 1.43. The van der Waals surface area contributed by atoms with E-state index in [9.17, 15) is 4.79 Å². The minimum Gasteiger partial charge on any atom is -0.379 e. The summed E-state index contributed by atoms with van der Waals surface area (Å²) in [5.74, 6) is 0.316. The van der Waals surface area contributed by atoms with Crippen molar-refractivity contribution in [2.24, 2.45) is 0 Å². The van der Waals surface area contributed by atoms with Gasteiger partial charge in [-0.3, -0.25) is 14.9 Å². The van der Waals surface area contributed by atoms with Crippen LogP contribution in [0.3, 0.4) is 0 Å². The van der Waals surface area contributed by atoms with E-state index in [2.05, 4.69) is 53.6 Å². The minimum atomic E-state index is -0.593. The van der Waals surface area contributed by atoms with Gasteiger partial charge in [0.05, 0.1) is 23.2 Å². The Hall–Kier alpha value is -2.57. The van der Waals surface area contributed by atoms with E-state index in [0.29, 0.717) is 26.8 Å². The van der Waals surface area contributed by atoms with Crippen LogP contribution in [-0.4, -0.2) is 52.3 Å². The number of rotatable bonds is 7. The maximum atomic E-state index is 11.8. The zero-order chi connectivity index (χ0) is 21.6. The maximum absolute atomic E-state index is 11.8. The van der Waals surface area contributed by atoms with E-state index >= 15 is 0 Å². The predicted molar refractivity (Wildman–Crippen MR) is 122 cm³/mol. The fourth-order valence-electron chi connectivity index (χ4n) is 3.11. The average Bonchev–Trinajstić information content (AvgIpc) is 3.26. The van der Waals surface area contributed by atoms with E-state index in [0.717, 1.165) is 38.5 Å². The molecule has 1 aliphatic heterocycles. The van der Waals surface area contributed by atoms with Crippen LogP contribution in [-0.2, 0) is 11.3 Å². The number of morpholine rings is 1. The van der Waals surface area contributed by atoms with Gasteiger partial charge in [0.25, 0.3) is 5.91 Å². The molecule has 0 saturated carbocycles. The van der Waals surface area contributed by atoms with Crippen LogP contribution in [0.5, 0.6) is 0 Å². The third-order valence-electron chi connectivity index (χ3n) is 4.71. The Morgan fingerprint density at radius 1 is 1.19 bits per heavy atom. The number of hydrogen-bond donors (Lipinski definition) is 4. The van der Waals surface area contributed by atoms with Gasteiger partial charge in [-0.1, -0.05) is 12.1 Å². The number of thiophene rings is 1. The van der Waals surface area contributed by atoms with Crippen LogP contribution in [0, 0.1) is 0 Å². The van der Waals surface area contributed by atoms with Crippen molar-refractivity contribution in [2.75, 3.05) is 36.9 Å². The van der Waals surface area contributed by atoms with E-state index in [1.165, 1.54) is 16.9 Å². The fraction of sp³-hybridized carbons (Fsp3) is 0.250. The summed E-state index contributed by atoms with van der Waals surface area (Å²) in [5.41, 5.74) is 4.07. The molecule has 1 saturated heterocycles. The van der Waals surface area contributed by atoms with Crippen molar-refractivity contribution in [1.82, 2.24) is 20.3 Å². The Labute approximate surface area is 191 Å². The molecule has 31 heavy (non-hydrogen) atoms. The summed E-state index contributed by atoms with van der Waals surface area (Å²) in [6.45, 7) is 4.38. The highest BCUT2D eigenvalue weighted by Gasteiger charge is 2.15. The standard InChI is InChI=1S/C20H21BrN6O3S/c21-16-11-22-20(25-17(16)24-19-15(5-10-31-19)18(28)26-29)23-14-3-1-13(2-4-14)12-27-6-8-30-9-7-27/h1-5,10-11,29H,6-9,12H2,(H,26,28)(H2,22,23,24,25). The molecule has 4 rings (SSSR count). The average molecular weight is 505 g/mol. The predicted octanol–water partition coefficient (Wildman–Crippen LogP) is 3.74. The summed E-state index contributed by atoms with van der Waals surface area (Å²) in [7, 11) is 0. The number of hydroxylamine groups is 1. The van der Waals surface area contributed by atoms with Crippen LogP contribution in [0.15, 0.2) is 46.4 Å². The fourth-order valence-corrected chi connectivity index (χ4v) is 4.18. The largest absolute Gasteiger partial charge is 0.379 e. The lowest BCUT2D eigenvalue weighted by atomic mass is 10.2. The molecule has 0 unspecified atom stereocenters. The zero-order valence-electron chi connectivity index (χ0n) is 16.5. The molecule has 0 bridgehead atoms. The molecule has 1 aromatic carbocycles. The molecule has 11 heteroatoms. The number of hydrogen-bond acceptors (Lipinski definition) is 9. The van der Waals surface area contributed by atoms with Crippen molar-refractivity contribution in [3.63, 3.8) is 0 Å². The lowest BCUT2D eigenvalue weighted by molar-refractivity contribution is 0.0342. The molecule has 3 aromatic rings. The van der Waals surface area contributed by atoms with Gasteiger partial charge < -0.3 is 15.4 Å². The van der Waals surface area contributed by atoms with Gasteiger partial charge >= 0.3 is 0 Å². The molecular weight excluding hydrogens is 484 g/mol. The lowest BCUT2D eigenvalue weighted by Crippen LogP contribution is -2.35. The molecule has 162 valence electrons. The van der Waals surface area contributed by atoms with E-state index in [4.69, 9.17) is 9.94 Å². The van der Waals surface area contributed by atoms with Crippen molar-refractivity contribution in [2.45, 2.75) is 6.54 Å². The molecule has 9 nitrogen and oxygen atoms in total. The molecule has 3 heterocycles. The van der Waals surface area contributed by atoms with Gasteiger partial charge in [-0.05, 0) is 45.1 Å². The number of nitrogens with zero attached hydrogens (tertiary/aromatic N) is 3. The van der Waals surface area contributed by atoms with Crippen molar-refractivity contribution in [3.8, 4) is 0 Å². The van der Waals surface area contributed by atoms with Crippen LogP contribution < -0.4 is 16.1 Å². The second kappa shape index (κ2) is 10.2. The van der Waals surface area contributed by atoms with E-state index in [-0.39, 0.29) is 0 Å². The first-order valence-corrected chi connectivity index (χ1v) is 11.3. The first-order valence-electron chi connectivity index (χ1n) is 9.60. The Morgan fingerprint density at radius 3 is 2.71 bits per heavy atom. The lowest BCUT2D eigenvalue weighted by Gasteiger charge is -2.26. The Morgan fingerprint density at radius 2 is 1.97 bits per heavy atom. The number of nitrogens with one attached hydrogen (secondary N) is 3. The third-order valence-corrected chi connectivity index (χ3v) is 6.12. The molecule has 1 fully saturated rings. The zero-order valence-corrected chi connectivity index (χ0v) is 18.9. The molecule has 1 aliphatic rings. The third kappa shape index (κ3) is 5.57. The van der Waals surface area contributed by atoms with Crippen molar-refractivity contribution >= 4 is 55.6 Å². The maximum Gasteiger partial charge on any atom is 0.277 e. The van der Waals surface area contributed by atoms with E-state index in [1.807, 2.05) is 12.1 Å². The highest BCUT2D eigenvalue weighted by atomic mass is 79.9. The molecule has 1 amide bonds. The highest BCUT2D eigenvalue weighted by molar-refractivity contribution is 9.10. The van der Waals surface area contributed by atoms with Crippen LogP contribution >= 0.6 is 27.3 Å². The number of carbonyl (C=O) groups excluding carboxylic acids is 1. The summed E-state index contributed by atoms with van der Waals surface area (Å²) in [6.07, 6.45) is 1.63. The van der Waals surface area contributed by atoms with Gasteiger partial charge in [0.1, 0.15) is 5.00 Å². The molecule has 0 spiro atoms. The molecule has 2 aromatic heterocycles. The number of halogens is 1. The Bertz CT molecular complexity index is 1040. The molecule has 0 aliphatic carbocycles. The van der Waals surface area contributed by atoms with Crippen LogP contribution in [0.2, 0.25) is 0 Å². The van der Waals surface area contributed by atoms with Gasteiger partial charge in [-0.15, -0.1) is 11.3 Å². The van der Waals surface area contributed by atoms with Gasteiger partial charge in [-0.2, -0.15) is 4.98 Å². The van der Waals surface area contributed by atoms with E-state index in [1.54, 1.807) is 23.1 Å². The van der Waals surface area contributed by atoms with Gasteiger partial charge in [0.15, 0.2) is 5.82 Å². The number of amides is 1. The van der Waals surface area contributed by atoms with Crippen LogP contribution in [0.4, 0.5) is 22.5 Å². The highest BCUT2D eigenvalue weighted by Crippen LogP contribution is 2.30. The summed E-state index contributed by atoms with van der Waals surface area (Å²) in [6, 6.07) is 9.78. The summed E-state index contributed by atoms with van der Waals surface area (Å²) < 4.78 is 6.03. The quantitative estimate of drug-likeness (QED) is 0.284. The van der Waals surface area contributed by atoms with Crippen molar-refractivity contribution in [1.29, 1.82) is 0 Å². The number of anilines is 4. The number of aromatic nitrogens is 2. The number of benzene rings is 1. The number of ether oxygens (including phenoxy) is 1. The summed E-state index contributed by atoms with van der Waals surface area (Å²) in [4.78, 5) is 22.9. The normalized spacial score (nSPS) is 14.3. The van der Waals surface area contributed by atoms with Crippen LogP contribution in [0.1, 0.15) is 15.9 Å². The molecule has 0 atom stereocenters. The van der Waals surface area contributed by atoms with E-state index < -0.39 is 5.91 Å². The first-order chi connectivity index (χ1) is 15.1. The van der Waals surface area contributed by atoms with Crippen LogP contribution in [0.25, 0.3) is 0 Å². The summed E-state index contributed by atoms with van der Waals surface area (Å²) in [5, 5.41) is 17.5. The van der Waals surface area contributed by atoms with Gasteiger partial charge in [0, 0.05) is 31.5 Å². The monoisotopic (exact) mass is 504 g/mol. The molecule has 4 N–H and O–H groups in total. The summed E-state index contributed by atoms with van der Waals surface area (Å²) >= 11 is 4.75. The second-order valence-corrected chi connectivity index (χ2v) is 8.60. The SMILES string of the molecule is O=C(NO)c1ccsc1Nc1nc(Nc2ccc(CN3CCOCC3)cc2)ncc1Br. The topological polar surface area (TPSA) is 112 Å². The first kappa shape index (κ1) is 21.7. The Kier molecular flexibility index (Phi) is 7.10. The molecule has 0 radical (unpaired) electrons. The van der Waals surface area contributed by atoms with Gasteiger partial charge in [-0.25, -0.2) is 10.5 Å².